The lowest BCUT2D eigenvalue weighted by molar-refractivity contribution is 0.443. The third kappa shape index (κ3) is 4.42. The lowest BCUT2D eigenvalue weighted by Crippen LogP contribution is -2.41. The van der Waals surface area contributed by atoms with Crippen LogP contribution in [0.1, 0.15) is 10.6 Å². The zero-order valence-electron chi connectivity index (χ0n) is 12.4. The standard InChI is InChI=1S/C11H19N3O4S4/c1-9-10(2)20-11(13-9)22(17,18)12-3-8-21(15,16)14-4-6-19-7-5-14/h12H,3-8H2,1-2H3. The molecule has 1 saturated heterocycles. The van der Waals surface area contributed by atoms with E-state index in [9.17, 15) is 16.8 Å². The molecular weight excluding hydrogens is 366 g/mol. The highest BCUT2D eigenvalue weighted by molar-refractivity contribution is 7.99. The summed E-state index contributed by atoms with van der Waals surface area (Å²) in [5, 5.41) is 0. The number of nitrogens with one attached hydrogen (secondary N) is 1. The first-order chi connectivity index (χ1) is 10.2. The van der Waals surface area contributed by atoms with E-state index in [1.54, 1.807) is 25.6 Å². The monoisotopic (exact) mass is 385 g/mol. The number of thioether (sulfide) groups is 1. The molecule has 1 aliphatic rings. The molecule has 2 heterocycles. The van der Waals surface area contributed by atoms with Gasteiger partial charge in [0.05, 0.1) is 11.4 Å². The molecule has 0 amide bonds. The predicted molar refractivity (Wildman–Crippen MR) is 89.5 cm³/mol. The Hall–Kier alpha value is -0.200. The van der Waals surface area contributed by atoms with E-state index in [-0.39, 0.29) is 16.6 Å². The average molecular weight is 386 g/mol. The molecule has 1 aromatic rings. The zero-order valence-corrected chi connectivity index (χ0v) is 15.7. The van der Waals surface area contributed by atoms with Crippen molar-refractivity contribution in [2.45, 2.75) is 18.2 Å². The molecule has 0 saturated carbocycles. The van der Waals surface area contributed by atoms with Gasteiger partial charge in [0, 0.05) is 36.0 Å². The predicted octanol–water partition coefficient (Wildman–Crippen LogP) is 0.417. The molecule has 22 heavy (non-hydrogen) atoms. The number of aromatic nitrogens is 1. The van der Waals surface area contributed by atoms with Crippen molar-refractivity contribution in [3.63, 3.8) is 0 Å². The highest BCUT2D eigenvalue weighted by Gasteiger charge is 2.25. The molecule has 0 aliphatic carbocycles. The van der Waals surface area contributed by atoms with Gasteiger partial charge in [-0.1, -0.05) is 0 Å². The van der Waals surface area contributed by atoms with E-state index in [4.69, 9.17) is 0 Å². The average Bonchev–Trinajstić information content (AvgIpc) is 2.80. The second-order valence-electron chi connectivity index (χ2n) is 4.85. The van der Waals surface area contributed by atoms with E-state index in [1.165, 1.54) is 4.31 Å². The lowest BCUT2D eigenvalue weighted by Gasteiger charge is -2.25. The molecule has 0 unspecified atom stereocenters. The minimum Gasteiger partial charge on any atom is -0.229 e. The van der Waals surface area contributed by atoms with Gasteiger partial charge in [-0.2, -0.15) is 11.8 Å². The van der Waals surface area contributed by atoms with E-state index >= 15 is 0 Å². The summed E-state index contributed by atoms with van der Waals surface area (Å²) in [7, 11) is -7.16. The van der Waals surface area contributed by atoms with Crippen molar-refractivity contribution in [1.82, 2.24) is 14.0 Å². The van der Waals surface area contributed by atoms with Crippen LogP contribution in [0.15, 0.2) is 4.34 Å². The van der Waals surface area contributed by atoms with Gasteiger partial charge >= 0.3 is 0 Å². The molecule has 1 aliphatic heterocycles. The molecule has 0 spiro atoms. The maximum absolute atomic E-state index is 12.1. The number of rotatable bonds is 6. The van der Waals surface area contributed by atoms with Gasteiger partial charge < -0.3 is 0 Å². The van der Waals surface area contributed by atoms with Crippen molar-refractivity contribution < 1.29 is 16.8 Å². The van der Waals surface area contributed by atoms with Crippen LogP contribution in [-0.2, 0) is 20.0 Å². The summed E-state index contributed by atoms with van der Waals surface area (Å²) >= 11 is 2.80. The van der Waals surface area contributed by atoms with Gasteiger partial charge in [-0.25, -0.2) is 30.8 Å². The Balaban J connectivity index is 1.94. The molecule has 1 aromatic heterocycles. The van der Waals surface area contributed by atoms with E-state index in [0.29, 0.717) is 18.8 Å². The van der Waals surface area contributed by atoms with Crippen molar-refractivity contribution in [1.29, 1.82) is 0 Å². The van der Waals surface area contributed by atoms with Crippen molar-refractivity contribution in [3.8, 4) is 0 Å². The number of sulfonamides is 2. The van der Waals surface area contributed by atoms with Crippen LogP contribution in [0.5, 0.6) is 0 Å². The first-order valence-corrected chi connectivity index (χ1v) is 11.8. The molecule has 0 radical (unpaired) electrons. The summed E-state index contributed by atoms with van der Waals surface area (Å²) < 4.78 is 52.2. The van der Waals surface area contributed by atoms with Crippen molar-refractivity contribution in [2.75, 3.05) is 36.9 Å². The Labute approximate surface area is 139 Å². The smallest absolute Gasteiger partial charge is 0.229 e. The summed E-state index contributed by atoms with van der Waals surface area (Å²) in [6.07, 6.45) is 0. The fourth-order valence-corrected chi connectivity index (χ4v) is 6.88. The molecule has 2 rings (SSSR count). The van der Waals surface area contributed by atoms with Crippen LogP contribution < -0.4 is 4.72 Å². The Kier molecular flexibility index (Phi) is 5.89. The molecule has 1 fully saturated rings. The van der Waals surface area contributed by atoms with Crippen molar-refractivity contribution >= 4 is 43.1 Å². The van der Waals surface area contributed by atoms with E-state index < -0.39 is 20.0 Å². The summed E-state index contributed by atoms with van der Waals surface area (Å²) in [6, 6.07) is 0. The Morgan fingerprint density at radius 1 is 1.18 bits per heavy atom. The molecule has 0 aromatic carbocycles. The van der Waals surface area contributed by atoms with E-state index in [0.717, 1.165) is 27.7 Å². The summed E-state index contributed by atoms with van der Waals surface area (Å²) in [5.74, 6) is 1.32. The van der Waals surface area contributed by atoms with Gasteiger partial charge in [-0.05, 0) is 13.8 Å². The van der Waals surface area contributed by atoms with Crippen LogP contribution in [0.2, 0.25) is 0 Å². The topological polar surface area (TPSA) is 96.4 Å². The molecule has 0 bridgehead atoms. The summed E-state index contributed by atoms with van der Waals surface area (Å²) in [5.41, 5.74) is 0.670. The number of hydrogen-bond acceptors (Lipinski definition) is 7. The van der Waals surface area contributed by atoms with Crippen LogP contribution in [0, 0.1) is 13.8 Å². The van der Waals surface area contributed by atoms with Crippen LogP contribution in [0.3, 0.4) is 0 Å². The van der Waals surface area contributed by atoms with Crippen LogP contribution >= 0.6 is 23.1 Å². The number of hydrogen-bond donors (Lipinski definition) is 1. The van der Waals surface area contributed by atoms with Crippen molar-refractivity contribution in [3.05, 3.63) is 10.6 Å². The normalized spacial score (nSPS) is 17.7. The van der Waals surface area contributed by atoms with Gasteiger partial charge in [-0.3, -0.25) is 0 Å². The maximum atomic E-state index is 12.1. The van der Waals surface area contributed by atoms with Gasteiger partial charge in [0.15, 0.2) is 0 Å². The van der Waals surface area contributed by atoms with Crippen molar-refractivity contribution in [2.24, 2.45) is 0 Å². The Morgan fingerprint density at radius 3 is 2.36 bits per heavy atom. The fourth-order valence-electron chi connectivity index (χ4n) is 1.88. The van der Waals surface area contributed by atoms with E-state index in [2.05, 4.69) is 9.71 Å². The lowest BCUT2D eigenvalue weighted by atomic mass is 10.4. The van der Waals surface area contributed by atoms with Gasteiger partial charge in [-0.15, -0.1) is 11.3 Å². The van der Waals surface area contributed by atoms with Crippen LogP contribution in [-0.4, -0.2) is 63.0 Å². The third-order valence-electron chi connectivity index (χ3n) is 3.25. The summed E-state index contributed by atoms with van der Waals surface area (Å²) in [6.45, 7) is 4.37. The molecule has 11 heteroatoms. The fraction of sp³-hybridized carbons (Fsp3) is 0.727. The number of nitrogens with zero attached hydrogens (tertiary/aromatic N) is 2. The SMILES string of the molecule is Cc1nc(S(=O)(=O)NCCS(=O)(=O)N2CCSCC2)sc1C. The van der Waals surface area contributed by atoms with Gasteiger partial charge in [0.2, 0.25) is 14.4 Å². The largest absolute Gasteiger partial charge is 0.267 e. The third-order valence-corrected chi connectivity index (χ3v) is 8.98. The molecule has 0 atom stereocenters. The number of aryl methyl sites for hydroxylation is 2. The van der Waals surface area contributed by atoms with Gasteiger partial charge in [0.25, 0.3) is 10.0 Å². The second kappa shape index (κ2) is 7.14. The van der Waals surface area contributed by atoms with Crippen LogP contribution in [0.4, 0.5) is 0 Å². The minimum absolute atomic E-state index is 0.0192. The quantitative estimate of drug-likeness (QED) is 0.762. The molecular formula is C11H19N3O4S4. The molecule has 1 N–H and O–H groups in total. The first-order valence-electron chi connectivity index (χ1n) is 6.71. The second-order valence-corrected chi connectivity index (χ2v) is 11.3. The van der Waals surface area contributed by atoms with Crippen LogP contribution in [0.25, 0.3) is 0 Å². The first kappa shape index (κ1) is 18.1. The summed E-state index contributed by atoms with van der Waals surface area (Å²) in [4.78, 5) is 4.82. The van der Waals surface area contributed by atoms with E-state index in [1.807, 2.05) is 0 Å². The Bertz CT molecular complexity index is 701. The highest BCUT2D eigenvalue weighted by Crippen LogP contribution is 2.20. The molecule has 126 valence electrons. The van der Waals surface area contributed by atoms with Gasteiger partial charge in [0.1, 0.15) is 0 Å². The molecule has 7 nitrogen and oxygen atoms in total. The minimum atomic E-state index is -3.74. The Morgan fingerprint density at radius 2 is 1.82 bits per heavy atom. The zero-order chi connectivity index (χ0) is 16.4. The maximum Gasteiger partial charge on any atom is 0.267 e. The highest BCUT2D eigenvalue weighted by atomic mass is 32.2. The number of thiazole rings is 1.